The Labute approximate surface area is 151 Å². The Balaban J connectivity index is 0.000000455. The molecular weight excluding hydrogens is 320 g/mol. The van der Waals surface area contributed by atoms with Crippen LogP contribution in [0.1, 0.15) is 47.0 Å². The molecule has 0 radical (unpaired) electrons. The molecular formula is C19H32N2O4. The van der Waals surface area contributed by atoms with Crippen LogP contribution in [0.4, 0.5) is 4.79 Å². The molecule has 6 nitrogen and oxygen atoms in total. The fourth-order valence-corrected chi connectivity index (χ4v) is 2.87. The smallest absolute Gasteiger partial charge is 0.406 e. The number of hydrogen-bond donors (Lipinski definition) is 1. The summed E-state index contributed by atoms with van der Waals surface area (Å²) in [6, 6.07) is 0. The Morgan fingerprint density at radius 1 is 1.12 bits per heavy atom. The monoisotopic (exact) mass is 352 g/mol. The molecule has 1 aliphatic heterocycles. The molecule has 3 rings (SSSR count). The number of methoxy groups -OCH3 is 1. The number of amides is 3. The highest BCUT2D eigenvalue weighted by atomic mass is 16.5. The summed E-state index contributed by atoms with van der Waals surface area (Å²) in [6.07, 6.45) is 13.7. The van der Waals surface area contributed by atoms with Gasteiger partial charge in [0.2, 0.25) is 0 Å². The molecule has 1 saturated carbocycles. The highest BCUT2D eigenvalue weighted by molar-refractivity contribution is 6.12. The average molecular weight is 352 g/mol. The van der Waals surface area contributed by atoms with Crippen molar-refractivity contribution < 1.29 is 19.1 Å². The van der Waals surface area contributed by atoms with Crippen LogP contribution >= 0.6 is 0 Å². The van der Waals surface area contributed by atoms with Gasteiger partial charge in [-0.1, -0.05) is 27.0 Å². The minimum atomic E-state index is -0.586. The van der Waals surface area contributed by atoms with Gasteiger partial charge in [0.15, 0.2) is 0 Å². The van der Waals surface area contributed by atoms with E-state index in [1.807, 2.05) is 0 Å². The maximum atomic E-state index is 11.0. The van der Waals surface area contributed by atoms with Crippen molar-refractivity contribution in [3.8, 4) is 0 Å². The number of hydrogen-bond acceptors (Lipinski definition) is 4. The van der Waals surface area contributed by atoms with E-state index < -0.39 is 6.09 Å². The zero-order valence-corrected chi connectivity index (χ0v) is 13.5. The highest BCUT2D eigenvalue weighted by Crippen LogP contribution is 2.46. The van der Waals surface area contributed by atoms with Crippen LogP contribution < -0.4 is 5.32 Å². The van der Waals surface area contributed by atoms with Gasteiger partial charge in [0, 0.05) is 25.2 Å². The van der Waals surface area contributed by atoms with Gasteiger partial charge in [-0.05, 0) is 43.9 Å². The average Bonchev–Trinajstić information content (AvgIpc) is 3.17. The number of allylic oxidation sites excluding steroid dienone is 2. The second-order valence-electron chi connectivity index (χ2n) is 5.96. The molecule has 0 spiro atoms. The van der Waals surface area contributed by atoms with Crippen molar-refractivity contribution >= 4 is 17.9 Å². The van der Waals surface area contributed by atoms with Gasteiger partial charge in [-0.3, -0.25) is 14.5 Å². The molecule has 142 valence electrons. The maximum absolute atomic E-state index is 11.0. The van der Waals surface area contributed by atoms with Crippen LogP contribution in [0.25, 0.3) is 0 Å². The van der Waals surface area contributed by atoms with Crippen LogP contribution in [-0.4, -0.2) is 43.0 Å². The molecule has 2 unspecified atom stereocenters. The largest absolute Gasteiger partial charge is 0.453 e. The van der Waals surface area contributed by atoms with Gasteiger partial charge < -0.3 is 10.1 Å². The zero-order valence-electron chi connectivity index (χ0n) is 13.5. The van der Waals surface area contributed by atoms with E-state index in [1.54, 1.807) is 6.42 Å². The van der Waals surface area contributed by atoms with Gasteiger partial charge in [-0.2, -0.15) is 0 Å². The van der Waals surface area contributed by atoms with E-state index in [-0.39, 0.29) is 39.8 Å². The number of carbonyl (C=O) groups is 3. The first-order valence-corrected chi connectivity index (χ1v) is 8.12. The second-order valence-corrected chi connectivity index (χ2v) is 5.96. The molecule has 0 aromatic heterocycles. The molecule has 25 heavy (non-hydrogen) atoms. The summed E-state index contributed by atoms with van der Waals surface area (Å²) >= 11 is 0. The number of carbonyl (C=O) groups excluding carboxylic acids is 3. The molecule has 6 heteroatoms. The highest BCUT2D eigenvalue weighted by Gasteiger charge is 2.35. The Morgan fingerprint density at radius 2 is 1.64 bits per heavy atom. The zero-order chi connectivity index (χ0) is 16.7. The quantitative estimate of drug-likeness (QED) is 0.625. The van der Waals surface area contributed by atoms with E-state index in [0.29, 0.717) is 0 Å². The minimum Gasteiger partial charge on any atom is -0.453 e. The van der Waals surface area contributed by atoms with Gasteiger partial charge in [-0.25, -0.2) is 4.79 Å². The third-order valence-electron chi connectivity index (χ3n) is 4.33. The van der Waals surface area contributed by atoms with Crippen molar-refractivity contribution in [2.45, 2.75) is 47.0 Å². The Hall–Kier alpha value is -2.11. The lowest BCUT2D eigenvalue weighted by Gasteiger charge is -2.13. The molecule has 0 aromatic carbocycles. The second kappa shape index (κ2) is 11.4. The SMILES string of the molecule is C.C.C1=C/CCC2CC2CC/1.COC(=O)NCCN1C(=O)C=CC1=O. The molecule has 1 heterocycles. The van der Waals surface area contributed by atoms with E-state index in [4.69, 9.17) is 0 Å². The van der Waals surface area contributed by atoms with Gasteiger partial charge in [0.25, 0.3) is 11.8 Å². The van der Waals surface area contributed by atoms with E-state index in [2.05, 4.69) is 22.2 Å². The number of nitrogens with zero attached hydrogens (tertiary/aromatic N) is 1. The molecule has 0 saturated heterocycles. The van der Waals surface area contributed by atoms with Crippen LogP contribution in [0.3, 0.4) is 0 Å². The summed E-state index contributed by atoms with van der Waals surface area (Å²) in [6.45, 7) is 0.339. The topological polar surface area (TPSA) is 75.7 Å². The van der Waals surface area contributed by atoms with Gasteiger partial charge in [0.05, 0.1) is 7.11 Å². The molecule has 1 fully saturated rings. The molecule has 3 amide bonds. The van der Waals surface area contributed by atoms with Crippen molar-refractivity contribution in [1.29, 1.82) is 0 Å². The molecule has 2 aliphatic carbocycles. The Bertz CT molecular complexity index is 482. The molecule has 0 bridgehead atoms. The van der Waals surface area contributed by atoms with Gasteiger partial charge in [0.1, 0.15) is 0 Å². The fourth-order valence-electron chi connectivity index (χ4n) is 2.87. The normalized spacial score (nSPS) is 24.3. The van der Waals surface area contributed by atoms with E-state index in [0.717, 1.165) is 16.7 Å². The summed E-state index contributed by atoms with van der Waals surface area (Å²) in [5.74, 6) is 1.55. The Kier molecular flexibility index (Phi) is 10.5. The first kappa shape index (κ1) is 22.9. The third-order valence-corrected chi connectivity index (χ3v) is 4.33. The molecule has 2 atom stereocenters. The van der Waals surface area contributed by atoms with Gasteiger partial charge in [-0.15, -0.1) is 0 Å². The van der Waals surface area contributed by atoms with Crippen LogP contribution in [0, 0.1) is 11.8 Å². The van der Waals surface area contributed by atoms with E-state index >= 15 is 0 Å². The van der Waals surface area contributed by atoms with Crippen LogP contribution in [0.5, 0.6) is 0 Å². The summed E-state index contributed by atoms with van der Waals surface area (Å²) in [4.78, 5) is 33.7. The van der Waals surface area contributed by atoms with Crippen molar-refractivity contribution in [2.24, 2.45) is 11.8 Å². The predicted molar refractivity (Wildman–Crippen MR) is 98.9 cm³/mol. The van der Waals surface area contributed by atoms with E-state index in [9.17, 15) is 14.4 Å². The summed E-state index contributed by atoms with van der Waals surface area (Å²) in [5.41, 5.74) is 0. The van der Waals surface area contributed by atoms with E-state index in [1.165, 1.54) is 44.9 Å². The predicted octanol–water partition coefficient (Wildman–Crippen LogP) is 3.29. The molecule has 3 aliphatic rings. The summed E-state index contributed by atoms with van der Waals surface area (Å²) < 4.78 is 4.31. The number of rotatable bonds is 3. The number of alkyl carbamates (subject to hydrolysis) is 1. The Morgan fingerprint density at radius 3 is 2.12 bits per heavy atom. The number of ether oxygens (including phenoxy) is 1. The summed E-state index contributed by atoms with van der Waals surface area (Å²) in [5, 5.41) is 2.37. The first-order chi connectivity index (χ1) is 11.1. The number of fused-ring (bicyclic) bond motifs is 1. The van der Waals surface area contributed by atoms with Crippen molar-refractivity contribution in [3.05, 3.63) is 24.3 Å². The standard InChI is InChI=1S/C9H14.C8H10N2O4.2CH4/c1-2-4-6-9-7-8(9)5-3-1;1-14-8(13)9-4-5-10-6(11)2-3-7(10)12;;/h1-2,8-9H,3-7H2;2-3H,4-5H2,1H3,(H,9,13);2*1H4/b2-1+;;;. The van der Waals surface area contributed by atoms with Crippen molar-refractivity contribution in [1.82, 2.24) is 10.2 Å². The van der Waals surface area contributed by atoms with Crippen molar-refractivity contribution in [3.63, 3.8) is 0 Å². The maximum Gasteiger partial charge on any atom is 0.406 e. The van der Waals surface area contributed by atoms with Crippen LogP contribution in [-0.2, 0) is 14.3 Å². The minimum absolute atomic E-state index is 0. The third kappa shape index (κ3) is 7.54. The lowest BCUT2D eigenvalue weighted by Crippen LogP contribution is -2.38. The number of nitrogens with one attached hydrogen (secondary N) is 1. The van der Waals surface area contributed by atoms with Gasteiger partial charge >= 0.3 is 6.09 Å². The number of imide groups is 1. The van der Waals surface area contributed by atoms with Crippen LogP contribution in [0.15, 0.2) is 24.3 Å². The molecule has 0 aromatic rings. The lowest BCUT2D eigenvalue weighted by atomic mass is 10.1. The fraction of sp³-hybridized carbons (Fsp3) is 0.632. The first-order valence-electron chi connectivity index (χ1n) is 8.12. The molecule has 1 N–H and O–H groups in total. The summed E-state index contributed by atoms with van der Waals surface area (Å²) in [7, 11) is 1.24. The van der Waals surface area contributed by atoms with Crippen molar-refractivity contribution in [2.75, 3.05) is 20.2 Å². The van der Waals surface area contributed by atoms with Crippen LogP contribution in [0.2, 0.25) is 0 Å². The lowest BCUT2D eigenvalue weighted by molar-refractivity contribution is -0.136.